The number of H-pyrrole nitrogens is 1. The number of nitrogens with zero attached hydrogens (tertiary/aromatic N) is 1. The largest absolute Gasteiger partial charge is 0.396 e. The Hall–Kier alpha value is -1.37. The van der Waals surface area contributed by atoms with Crippen LogP contribution in [0.2, 0.25) is 0 Å². The van der Waals surface area contributed by atoms with E-state index in [0.29, 0.717) is 12.8 Å². The van der Waals surface area contributed by atoms with Crippen molar-refractivity contribution in [2.45, 2.75) is 25.0 Å². The molecule has 1 fully saturated rings. The van der Waals surface area contributed by atoms with Gasteiger partial charge < -0.3 is 10.2 Å². The van der Waals surface area contributed by atoms with Gasteiger partial charge in [-0.15, -0.1) is 0 Å². The Morgan fingerprint density at radius 2 is 2.21 bits per heavy atom. The van der Waals surface area contributed by atoms with E-state index in [1.807, 2.05) is 0 Å². The Morgan fingerprint density at radius 3 is 2.79 bits per heavy atom. The van der Waals surface area contributed by atoms with Crippen molar-refractivity contribution in [3.63, 3.8) is 0 Å². The third-order valence-electron chi connectivity index (χ3n) is 3.50. The summed E-state index contributed by atoms with van der Waals surface area (Å²) >= 11 is 5.43. The van der Waals surface area contributed by atoms with Gasteiger partial charge in [0.1, 0.15) is 0 Å². The Balaban J connectivity index is 2.38. The van der Waals surface area contributed by atoms with Gasteiger partial charge in [-0.05, 0) is 18.9 Å². The van der Waals surface area contributed by atoms with Crippen LogP contribution in [-0.2, 0) is 0 Å². The average molecular weight is 287 g/mol. The Labute approximate surface area is 114 Å². The fraction of sp³-hybridized carbons (Fsp3) is 0.500. The number of hydrogen-bond acceptors (Lipinski definition) is 4. The standard InChI is InChI=1S/C12H15ClN2O4/c13-2-1-7-5-15(12(19)14-11(7)18)9-3-8(6-16)10(17)4-9/h1-2,5,8-10,16-17H,3-4,6H2,(H,14,18,19). The van der Waals surface area contributed by atoms with Crippen molar-refractivity contribution < 1.29 is 10.2 Å². The highest BCUT2D eigenvalue weighted by Gasteiger charge is 2.34. The highest BCUT2D eigenvalue weighted by molar-refractivity contribution is 6.27. The molecular weight excluding hydrogens is 272 g/mol. The third-order valence-corrected chi connectivity index (χ3v) is 3.62. The van der Waals surface area contributed by atoms with E-state index in [9.17, 15) is 14.7 Å². The third kappa shape index (κ3) is 2.80. The van der Waals surface area contributed by atoms with Gasteiger partial charge in [-0.3, -0.25) is 14.3 Å². The molecule has 3 unspecified atom stereocenters. The molecule has 1 aromatic heterocycles. The Kier molecular flexibility index (Phi) is 4.24. The minimum Gasteiger partial charge on any atom is -0.396 e. The smallest absolute Gasteiger partial charge is 0.328 e. The van der Waals surface area contributed by atoms with Crippen LogP contribution in [0.1, 0.15) is 24.4 Å². The zero-order chi connectivity index (χ0) is 14.0. The maximum atomic E-state index is 11.8. The van der Waals surface area contributed by atoms with Crippen molar-refractivity contribution in [2.24, 2.45) is 5.92 Å². The number of halogens is 1. The number of nitrogens with one attached hydrogen (secondary N) is 1. The van der Waals surface area contributed by atoms with E-state index in [0.717, 1.165) is 0 Å². The molecule has 0 spiro atoms. The second-order valence-corrected chi connectivity index (χ2v) is 4.93. The molecule has 3 atom stereocenters. The molecule has 1 saturated carbocycles. The molecule has 0 aromatic carbocycles. The van der Waals surface area contributed by atoms with Crippen molar-refractivity contribution in [3.05, 3.63) is 38.1 Å². The van der Waals surface area contributed by atoms with Gasteiger partial charge in [-0.2, -0.15) is 0 Å². The van der Waals surface area contributed by atoms with Crippen LogP contribution in [0.15, 0.2) is 21.3 Å². The summed E-state index contributed by atoms with van der Waals surface area (Å²) in [6, 6.07) is -0.237. The first-order valence-corrected chi connectivity index (χ1v) is 6.41. The molecule has 0 amide bonds. The molecule has 0 saturated heterocycles. The van der Waals surface area contributed by atoms with Gasteiger partial charge in [0, 0.05) is 30.3 Å². The summed E-state index contributed by atoms with van der Waals surface area (Å²) in [5, 5.41) is 18.9. The molecule has 1 aromatic rings. The summed E-state index contributed by atoms with van der Waals surface area (Å²) in [6.07, 6.45) is 3.05. The van der Waals surface area contributed by atoms with Crippen LogP contribution in [0, 0.1) is 5.92 Å². The monoisotopic (exact) mass is 286 g/mol. The molecule has 1 aliphatic rings. The molecule has 1 heterocycles. The van der Waals surface area contributed by atoms with Crippen molar-refractivity contribution >= 4 is 17.7 Å². The van der Waals surface area contributed by atoms with Crippen LogP contribution in [0.3, 0.4) is 0 Å². The zero-order valence-corrected chi connectivity index (χ0v) is 10.9. The molecule has 6 nitrogen and oxygen atoms in total. The molecule has 3 N–H and O–H groups in total. The Bertz CT molecular complexity index is 592. The summed E-state index contributed by atoms with van der Waals surface area (Å²) in [4.78, 5) is 25.5. The van der Waals surface area contributed by atoms with E-state index < -0.39 is 17.4 Å². The van der Waals surface area contributed by atoms with E-state index in [-0.39, 0.29) is 24.1 Å². The summed E-state index contributed by atoms with van der Waals surface area (Å²) in [5.41, 5.74) is 0.443. The summed E-state index contributed by atoms with van der Waals surface area (Å²) in [5.74, 6) is -0.240. The molecular formula is C12H15ClN2O4. The van der Waals surface area contributed by atoms with Crippen LogP contribution in [-0.4, -0.2) is 32.5 Å². The zero-order valence-electron chi connectivity index (χ0n) is 10.1. The van der Waals surface area contributed by atoms with Gasteiger partial charge in [-0.25, -0.2) is 4.79 Å². The molecule has 104 valence electrons. The lowest BCUT2D eigenvalue weighted by Crippen LogP contribution is -2.32. The van der Waals surface area contributed by atoms with Crippen LogP contribution in [0.5, 0.6) is 0 Å². The quantitative estimate of drug-likeness (QED) is 0.732. The van der Waals surface area contributed by atoms with Crippen LogP contribution in [0.25, 0.3) is 6.08 Å². The molecule has 1 aliphatic carbocycles. The summed E-state index contributed by atoms with van der Waals surface area (Å²) in [7, 11) is 0. The molecule has 0 bridgehead atoms. The fourth-order valence-corrected chi connectivity index (χ4v) is 2.59. The van der Waals surface area contributed by atoms with Gasteiger partial charge in [-0.1, -0.05) is 11.6 Å². The molecule has 2 rings (SSSR count). The second-order valence-electron chi connectivity index (χ2n) is 4.68. The number of aliphatic hydroxyl groups is 2. The number of rotatable bonds is 3. The Morgan fingerprint density at radius 1 is 1.47 bits per heavy atom. The predicted octanol–water partition coefficient (Wildman–Crippen LogP) is 0.0504. The number of aliphatic hydroxyl groups excluding tert-OH is 2. The minimum absolute atomic E-state index is 0.121. The number of aromatic amines is 1. The lowest BCUT2D eigenvalue weighted by Gasteiger charge is -2.13. The van der Waals surface area contributed by atoms with Gasteiger partial charge in [0.05, 0.1) is 11.7 Å². The summed E-state index contributed by atoms with van der Waals surface area (Å²) < 4.78 is 1.38. The highest BCUT2D eigenvalue weighted by Crippen LogP contribution is 2.33. The topological polar surface area (TPSA) is 95.3 Å². The van der Waals surface area contributed by atoms with Crippen molar-refractivity contribution in [3.8, 4) is 0 Å². The van der Waals surface area contributed by atoms with E-state index in [2.05, 4.69) is 4.98 Å². The van der Waals surface area contributed by atoms with Crippen molar-refractivity contribution in [1.82, 2.24) is 9.55 Å². The predicted molar refractivity (Wildman–Crippen MR) is 71.1 cm³/mol. The van der Waals surface area contributed by atoms with E-state index >= 15 is 0 Å². The molecule has 0 aliphatic heterocycles. The van der Waals surface area contributed by atoms with Gasteiger partial charge in [0.2, 0.25) is 0 Å². The number of aromatic nitrogens is 2. The lowest BCUT2D eigenvalue weighted by molar-refractivity contribution is 0.0906. The average Bonchev–Trinajstić information content (AvgIpc) is 2.74. The number of hydrogen-bond donors (Lipinski definition) is 3. The normalized spacial score (nSPS) is 27.2. The maximum absolute atomic E-state index is 11.8. The minimum atomic E-state index is -0.638. The van der Waals surface area contributed by atoms with E-state index in [4.69, 9.17) is 16.7 Å². The van der Waals surface area contributed by atoms with Crippen LogP contribution >= 0.6 is 11.6 Å². The van der Waals surface area contributed by atoms with Crippen molar-refractivity contribution in [1.29, 1.82) is 0 Å². The SMILES string of the molecule is O=c1[nH]c(=O)n(C2CC(O)C(CO)C2)cc1C=CCl. The first-order chi connectivity index (χ1) is 9.06. The fourth-order valence-electron chi connectivity index (χ4n) is 2.46. The van der Waals surface area contributed by atoms with Crippen LogP contribution < -0.4 is 11.2 Å². The van der Waals surface area contributed by atoms with Gasteiger partial charge >= 0.3 is 5.69 Å². The first kappa shape index (κ1) is 14.0. The highest BCUT2D eigenvalue weighted by atomic mass is 35.5. The van der Waals surface area contributed by atoms with Gasteiger partial charge in [0.15, 0.2) is 0 Å². The molecule has 0 radical (unpaired) electrons. The van der Waals surface area contributed by atoms with Crippen LogP contribution in [0.4, 0.5) is 0 Å². The van der Waals surface area contributed by atoms with Crippen molar-refractivity contribution in [2.75, 3.05) is 6.61 Å². The van der Waals surface area contributed by atoms with Gasteiger partial charge in [0.25, 0.3) is 5.56 Å². The summed E-state index contributed by atoms with van der Waals surface area (Å²) in [6.45, 7) is -0.121. The maximum Gasteiger partial charge on any atom is 0.328 e. The molecule has 19 heavy (non-hydrogen) atoms. The van der Waals surface area contributed by atoms with E-state index in [1.165, 1.54) is 22.4 Å². The first-order valence-electron chi connectivity index (χ1n) is 5.98. The second kappa shape index (κ2) is 5.73. The van der Waals surface area contributed by atoms with E-state index in [1.54, 1.807) is 0 Å². The molecule has 7 heteroatoms. The lowest BCUT2D eigenvalue weighted by atomic mass is 10.1.